The van der Waals surface area contributed by atoms with Crippen LogP contribution in [0.15, 0.2) is 11.6 Å². The lowest BCUT2D eigenvalue weighted by Crippen LogP contribution is -2.11. The standard InChI is InChI=1S/C8H9BF3/c10-9(11,12)7-6-8-4-2-1-3-5-8/h4H,1-3,5H2/q-1. The van der Waals surface area contributed by atoms with E-state index in [1.165, 1.54) is 5.82 Å². The Morgan fingerprint density at radius 1 is 1.25 bits per heavy atom. The number of allylic oxidation sites excluding steroid dienone is 2. The third-order valence-corrected chi connectivity index (χ3v) is 1.69. The Morgan fingerprint density at radius 3 is 2.50 bits per heavy atom. The minimum atomic E-state index is -4.93. The predicted octanol–water partition coefficient (Wildman–Crippen LogP) is 2.88. The Labute approximate surface area is 69.9 Å². The first-order chi connectivity index (χ1) is 5.58. The lowest BCUT2D eigenvalue weighted by molar-refractivity contribution is 0.504. The molecule has 0 aromatic carbocycles. The minimum Gasteiger partial charge on any atom is -0.438 e. The van der Waals surface area contributed by atoms with E-state index in [0.717, 1.165) is 19.3 Å². The molecule has 0 aliphatic heterocycles. The Bertz CT molecular complexity index is 241. The molecule has 0 radical (unpaired) electrons. The number of halogens is 3. The van der Waals surface area contributed by atoms with Crippen LogP contribution in [0.1, 0.15) is 25.7 Å². The van der Waals surface area contributed by atoms with Gasteiger partial charge in [0.25, 0.3) is 0 Å². The van der Waals surface area contributed by atoms with Crippen molar-refractivity contribution in [1.82, 2.24) is 0 Å². The summed E-state index contributed by atoms with van der Waals surface area (Å²) in [6, 6.07) is 0. The quantitative estimate of drug-likeness (QED) is 0.390. The predicted molar refractivity (Wildman–Crippen MR) is 43.4 cm³/mol. The molecule has 1 aliphatic carbocycles. The summed E-state index contributed by atoms with van der Waals surface area (Å²) < 4.78 is 35.0. The van der Waals surface area contributed by atoms with Gasteiger partial charge >= 0.3 is 6.98 Å². The van der Waals surface area contributed by atoms with E-state index in [1.54, 1.807) is 6.08 Å². The molecule has 0 aromatic heterocycles. The highest BCUT2D eigenvalue weighted by Gasteiger charge is 2.18. The van der Waals surface area contributed by atoms with Crippen molar-refractivity contribution in [2.45, 2.75) is 25.7 Å². The van der Waals surface area contributed by atoms with Crippen LogP contribution in [0, 0.1) is 11.7 Å². The van der Waals surface area contributed by atoms with Crippen LogP contribution in [-0.2, 0) is 0 Å². The van der Waals surface area contributed by atoms with Gasteiger partial charge in [0.2, 0.25) is 0 Å². The highest BCUT2D eigenvalue weighted by Crippen LogP contribution is 2.16. The first kappa shape index (κ1) is 9.24. The molecule has 0 atom stereocenters. The number of hydrogen-bond acceptors (Lipinski definition) is 0. The van der Waals surface area contributed by atoms with Gasteiger partial charge < -0.3 is 12.9 Å². The van der Waals surface area contributed by atoms with Crippen molar-refractivity contribution in [2.75, 3.05) is 0 Å². The second kappa shape index (κ2) is 3.71. The van der Waals surface area contributed by atoms with Crippen molar-refractivity contribution in [1.29, 1.82) is 0 Å². The molecule has 0 N–H and O–H groups in total. The number of hydrogen-bond donors (Lipinski definition) is 0. The van der Waals surface area contributed by atoms with Crippen molar-refractivity contribution < 1.29 is 12.9 Å². The van der Waals surface area contributed by atoms with Gasteiger partial charge in [-0.25, -0.2) is 0 Å². The maximum absolute atomic E-state index is 11.7. The molecule has 0 aromatic rings. The molecular formula is C8H9BF3-. The molecule has 1 rings (SSSR count). The zero-order valence-electron chi connectivity index (χ0n) is 6.62. The van der Waals surface area contributed by atoms with Crippen LogP contribution in [0.25, 0.3) is 0 Å². The second-order valence-electron chi connectivity index (χ2n) is 2.82. The van der Waals surface area contributed by atoms with Crippen molar-refractivity contribution in [3.8, 4) is 11.7 Å². The largest absolute Gasteiger partial charge is 0.558 e. The van der Waals surface area contributed by atoms with Gasteiger partial charge in [-0.2, -0.15) is 5.82 Å². The molecule has 4 heteroatoms. The molecule has 0 unspecified atom stereocenters. The molecule has 66 valence electrons. The van der Waals surface area contributed by atoms with Gasteiger partial charge in [-0.3, -0.25) is 0 Å². The lowest BCUT2D eigenvalue weighted by Gasteiger charge is -2.07. The fourth-order valence-electron chi connectivity index (χ4n) is 1.13. The lowest BCUT2D eigenvalue weighted by atomic mass is 9.91. The van der Waals surface area contributed by atoms with E-state index in [9.17, 15) is 12.9 Å². The monoisotopic (exact) mass is 173 g/mol. The average Bonchev–Trinajstić information content (AvgIpc) is 2.02. The maximum Gasteiger partial charge on any atom is 0.558 e. The molecule has 0 spiro atoms. The maximum atomic E-state index is 11.7. The normalized spacial score (nSPS) is 17.8. The smallest absolute Gasteiger partial charge is 0.438 e. The van der Waals surface area contributed by atoms with Crippen LogP contribution in [0.5, 0.6) is 0 Å². The fraction of sp³-hybridized carbons (Fsp3) is 0.500. The summed E-state index contributed by atoms with van der Waals surface area (Å²) in [6.45, 7) is -4.93. The molecule has 0 heterocycles. The highest BCUT2D eigenvalue weighted by atomic mass is 19.4. The van der Waals surface area contributed by atoms with E-state index in [2.05, 4.69) is 5.92 Å². The third kappa shape index (κ3) is 3.52. The fourth-order valence-corrected chi connectivity index (χ4v) is 1.13. The van der Waals surface area contributed by atoms with Crippen LogP contribution >= 0.6 is 0 Å². The van der Waals surface area contributed by atoms with Crippen molar-refractivity contribution in [3.63, 3.8) is 0 Å². The topological polar surface area (TPSA) is 0 Å². The zero-order valence-corrected chi connectivity index (χ0v) is 6.62. The molecule has 0 bridgehead atoms. The van der Waals surface area contributed by atoms with Crippen LogP contribution in [-0.4, -0.2) is 6.98 Å². The SMILES string of the molecule is F[B-](F)(F)C#CC1=CCCCC1. The molecular weight excluding hydrogens is 164 g/mol. The van der Waals surface area contributed by atoms with E-state index in [-0.39, 0.29) is 0 Å². The highest BCUT2D eigenvalue weighted by molar-refractivity contribution is 6.67. The summed E-state index contributed by atoms with van der Waals surface area (Å²) in [5, 5.41) is 0. The Balaban J connectivity index is 2.58. The first-order valence-electron chi connectivity index (χ1n) is 3.99. The first-order valence-corrected chi connectivity index (χ1v) is 3.99. The van der Waals surface area contributed by atoms with Gasteiger partial charge in [0.15, 0.2) is 0 Å². The van der Waals surface area contributed by atoms with Crippen LogP contribution in [0.4, 0.5) is 12.9 Å². The van der Waals surface area contributed by atoms with Crippen LogP contribution in [0.2, 0.25) is 0 Å². The van der Waals surface area contributed by atoms with Gasteiger partial charge in [-0.05, 0) is 31.3 Å². The summed E-state index contributed by atoms with van der Waals surface area (Å²) in [5.41, 5.74) is 0.653. The van der Waals surface area contributed by atoms with E-state index < -0.39 is 6.98 Å². The molecule has 0 amide bonds. The van der Waals surface area contributed by atoms with Gasteiger partial charge in [0.1, 0.15) is 0 Å². The molecule has 1 aliphatic rings. The summed E-state index contributed by atoms with van der Waals surface area (Å²) >= 11 is 0. The van der Waals surface area contributed by atoms with E-state index in [0.29, 0.717) is 12.0 Å². The Hall–Kier alpha value is -0.845. The summed E-state index contributed by atoms with van der Waals surface area (Å²) in [5.74, 6) is 3.51. The minimum absolute atomic E-state index is 0.653. The molecule has 0 fully saturated rings. The summed E-state index contributed by atoms with van der Waals surface area (Å²) in [7, 11) is 0. The van der Waals surface area contributed by atoms with E-state index >= 15 is 0 Å². The van der Waals surface area contributed by atoms with Crippen molar-refractivity contribution in [3.05, 3.63) is 11.6 Å². The van der Waals surface area contributed by atoms with Gasteiger partial charge in [0, 0.05) is 0 Å². The average molecular weight is 173 g/mol. The van der Waals surface area contributed by atoms with Crippen molar-refractivity contribution in [2.24, 2.45) is 0 Å². The van der Waals surface area contributed by atoms with Gasteiger partial charge in [-0.15, -0.1) is 5.92 Å². The molecule has 0 nitrogen and oxygen atoms in total. The van der Waals surface area contributed by atoms with Crippen LogP contribution < -0.4 is 0 Å². The molecule has 0 saturated carbocycles. The summed E-state index contributed by atoms with van der Waals surface area (Å²) in [4.78, 5) is 0. The molecule has 0 saturated heterocycles. The Kier molecular flexibility index (Phi) is 2.85. The van der Waals surface area contributed by atoms with Gasteiger partial charge in [-0.1, -0.05) is 6.08 Å². The van der Waals surface area contributed by atoms with Crippen LogP contribution in [0.3, 0.4) is 0 Å². The van der Waals surface area contributed by atoms with E-state index in [1.807, 2.05) is 0 Å². The molecule has 12 heavy (non-hydrogen) atoms. The second-order valence-corrected chi connectivity index (χ2v) is 2.82. The Morgan fingerprint density at radius 2 is 2.00 bits per heavy atom. The van der Waals surface area contributed by atoms with E-state index in [4.69, 9.17) is 0 Å². The number of rotatable bonds is 0. The van der Waals surface area contributed by atoms with Crippen molar-refractivity contribution >= 4 is 6.98 Å². The summed E-state index contributed by atoms with van der Waals surface area (Å²) in [6.07, 6.45) is 5.42. The third-order valence-electron chi connectivity index (χ3n) is 1.69. The zero-order chi connectivity index (χ0) is 9.03. The van der Waals surface area contributed by atoms with Gasteiger partial charge in [0.05, 0.1) is 0 Å².